The van der Waals surface area contributed by atoms with Gasteiger partial charge in [-0.2, -0.15) is 0 Å². The van der Waals surface area contributed by atoms with E-state index in [1.54, 1.807) is 18.9 Å². The molecule has 2 N–H and O–H groups in total. The highest BCUT2D eigenvalue weighted by Gasteiger charge is 2.33. The van der Waals surface area contributed by atoms with E-state index in [0.717, 1.165) is 24.4 Å². The Hall–Kier alpha value is -1.04. The van der Waals surface area contributed by atoms with Crippen molar-refractivity contribution in [1.82, 2.24) is 10.6 Å². The first kappa shape index (κ1) is 13.0. The third-order valence-electron chi connectivity index (χ3n) is 3.81. The zero-order chi connectivity index (χ0) is 13.2. The minimum Gasteiger partial charge on any atom is -0.378 e. The number of rotatable bonds is 3. The van der Waals surface area contributed by atoms with Gasteiger partial charge in [0, 0.05) is 30.8 Å². The lowest BCUT2D eigenvalue weighted by atomic mass is 10.00. The first-order valence-electron chi connectivity index (χ1n) is 6.55. The van der Waals surface area contributed by atoms with Gasteiger partial charge in [0.1, 0.15) is 0 Å². The highest BCUT2D eigenvalue weighted by molar-refractivity contribution is 7.99. The number of fused-ring (bicyclic) bond motifs is 1. The molecule has 1 aromatic carbocycles. The van der Waals surface area contributed by atoms with Crippen LogP contribution in [0, 0.1) is 0 Å². The predicted molar refractivity (Wildman–Crippen MR) is 75.5 cm³/mol. The fraction of sp³-hybridized carbons (Fsp3) is 0.500. The second kappa shape index (κ2) is 5.53. The highest BCUT2D eigenvalue weighted by Crippen LogP contribution is 2.39. The summed E-state index contributed by atoms with van der Waals surface area (Å²) in [6.45, 7) is 1.59. The Balaban J connectivity index is 1.69. The third-order valence-corrected chi connectivity index (χ3v) is 4.99. The molecule has 0 radical (unpaired) electrons. The van der Waals surface area contributed by atoms with Crippen LogP contribution in [0.1, 0.15) is 11.5 Å². The zero-order valence-corrected chi connectivity index (χ0v) is 11.7. The SMILES string of the molecule is CO[C@H]1CNCC1NC(=O)C1CSc2ccccc21. The van der Waals surface area contributed by atoms with Gasteiger partial charge in [-0.25, -0.2) is 0 Å². The monoisotopic (exact) mass is 278 g/mol. The van der Waals surface area contributed by atoms with Crippen LogP contribution in [0.2, 0.25) is 0 Å². The van der Waals surface area contributed by atoms with E-state index in [9.17, 15) is 4.79 Å². The lowest BCUT2D eigenvalue weighted by Crippen LogP contribution is -2.45. The number of methoxy groups -OCH3 is 1. The van der Waals surface area contributed by atoms with Crippen molar-refractivity contribution in [2.45, 2.75) is 23.0 Å². The summed E-state index contributed by atoms with van der Waals surface area (Å²) in [6.07, 6.45) is 0.0771. The van der Waals surface area contributed by atoms with Gasteiger partial charge in [0.2, 0.25) is 5.91 Å². The van der Waals surface area contributed by atoms with Crippen LogP contribution in [-0.4, -0.2) is 44.0 Å². The summed E-state index contributed by atoms with van der Waals surface area (Å²) in [7, 11) is 1.69. The van der Waals surface area contributed by atoms with E-state index in [4.69, 9.17) is 4.74 Å². The molecule has 1 saturated heterocycles. The molecule has 1 fully saturated rings. The number of thioether (sulfide) groups is 1. The van der Waals surface area contributed by atoms with Crippen molar-refractivity contribution in [3.05, 3.63) is 29.8 Å². The smallest absolute Gasteiger partial charge is 0.228 e. The van der Waals surface area contributed by atoms with Crippen LogP contribution in [-0.2, 0) is 9.53 Å². The van der Waals surface area contributed by atoms with Crippen LogP contribution in [0.15, 0.2) is 29.2 Å². The maximum absolute atomic E-state index is 12.4. The summed E-state index contributed by atoms with van der Waals surface area (Å²) in [5.41, 5.74) is 1.16. The Morgan fingerprint density at radius 3 is 3.11 bits per heavy atom. The van der Waals surface area contributed by atoms with Crippen molar-refractivity contribution in [2.24, 2.45) is 0 Å². The molecule has 1 aromatic rings. The largest absolute Gasteiger partial charge is 0.378 e. The van der Waals surface area contributed by atoms with E-state index in [1.165, 1.54) is 4.90 Å². The molecule has 0 saturated carbocycles. The minimum absolute atomic E-state index is 0.0284. The standard InChI is InChI=1S/C14H18N2O2S/c1-18-12-7-15-6-11(12)16-14(17)10-8-19-13-5-3-2-4-9(10)13/h2-5,10-12,15H,6-8H2,1H3,(H,16,17)/t10?,11?,12-/m0/s1. The molecule has 2 heterocycles. The van der Waals surface area contributed by atoms with E-state index in [0.29, 0.717) is 0 Å². The molecule has 2 aliphatic rings. The van der Waals surface area contributed by atoms with Crippen LogP contribution in [0.4, 0.5) is 0 Å². The Morgan fingerprint density at radius 1 is 1.42 bits per heavy atom. The van der Waals surface area contributed by atoms with Crippen molar-refractivity contribution in [1.29, 1.82) is 0 Å². The predicted octanol–water partition coefficient (Wildman–Crippen LogP) is 0.979. The molecule has 0 aliphatic carbocycles. The molecule has 0 aromatic heterocycles. The molecule has 5 heteroatoms. The van der Waals surface area contributed by atoms with Gasteiger partial charge in [-0.1, -0.05) is 18.2 Å². The molecule has 2 unspecified atom stereocenters. The van der Waals surface area contributed by atoms with Gasteiger partial charge in [-0.15, -0.1) is 11.8 Å². The molecular formula is C14H18N2O2S. The highest BCUT2D eigenvalue weighted by atomic mass is 32.2. The maximum Gasteiger partial charge on any atom is 0.228 e. The van der Waals surface area contributed by atoms with Gasteiger partial charge in [0.05, 0.1) is 18.1 Å². The molecular weight excluding hydrogens is 260 g/mol. The number of hydrogen-bond donors (Lipinski definition) is 2. The van der Waals surface area contributed by atoms with E-state index in [1.807, 2.05) is 12.1 Å². The average molecular weight is 278 g/mol. The number of amides is 1. The molecule has 4 nitrogen and oxygen atoms in total. The van der Waals surface area contributed by atoms with E-state index >= 15 is 0 Å². The summed E-state index contributed by atoms with van der Waals surface area (Å²) < 4.78 is 5.37. The zero-order valence-electron chi connectivity index (χ0n) is 10.9. The number of benzene rings is 1. The number of carbonyl (C=O) groups excluding carboxylic acids is 1. The molecule has 3 rings (SSSR count). The third kappa shape index (κ3) is 2.50. The molecule has 3 atom stereocenters. The van der Waals surface area contributed by atoms with Crippen molar-refractivity contribution < 1.29 is 9.53 Å². The van der Waals surface area contributed by atoms with Gasteiger partial charge < -0.3 is 15.4 Å². The van der Waals surface area contributed by atoms with Crippen molar-refractivity contribution in [3.8, 4) is 0 Å². The molecule has 0 spiro atoms. The Labute approximate surface area is 117 Å². The first-order chi connectivity index (χ1) is 9.29. The Bertz CT molecular complexity index is 480. The van der Waals surface area contributed by atoms with Crippen LogP contribution >= 0.6 is 11.8 Å². The van der Waals surface area contributed by atoms with Gasteiger partial charge in [-0.3, -0.25) is 4.79 Å². The van der Waals surface area contributed by atoms with Crippen molar-refractivity contribution in [3.63, 3.8) is 0 Å². The number of carbonyl (C=O) groups is 1. The maximum atomic E-state index is 12.4. The lowest BCUT2D eigenvalue weighted by Gasteiger charge is -2.20. The summed E-state index contributed by atoms with van der Waals surface area (Å²) >= 11 is 1.76. The van der Waals surface area contributed by atoms with Gasteiger partial charge in [-0.05, 0) is 11.6 Å². The second-order valence-corrected chi connectivity index (χ2v) is 6.01. The Morgan fingerprint density at radius 2 is 2.26 bits per heavy atom. The summed E-state index contributed by atoms with van der Waals surface area (Å²) in [4.78, 5) is 13.6. The average Bonchev–Trinajstić information content (AvgIpc) is 3.04. The number of nitrogens with one attached hydrogen (secondary N) is 2. The van der Waals surface area contributed by atoms with Crippen LogP contribution in [0.25, 0.3) is 0 Å². The van der Waals surface area contributed by atoms with Crippen LogP contribution in [0.3, 0.4) is 0 Å². The molecule has 102 valence electrons. The lowest BCUT2D eigenvalue weighted by molar-refractivity contribution is -0.123. The normalized spacial score (nSPS) is 29.2. The fourth-order valence-electron chi connectivity index (χ4n) is 2.71. The van der Waals surface area contributed by atoms with E-state index < -0.39 is 0 Å². The summed E-state index contributed by atoms with van der Waals surface area (Å²) in [6, 6.07) is 8.24. The molecule has 2 aliphatic heterocycles. The van der Waals surface area contributed by atoms with Crippen molar-refractivity contribution >= 4 is 17.7 Å². The fourth-order valence-corrected chi connectivity index (χ4v) is 3.94. The minimum atomic E-state index is -0.0284. The van der Waals surface area contributed by atoms with Crippen LogP contribution in [0.5, 0.6) is 0 Å². The van der Waals surface area contributed by atoms with Gasteiger partial charge >= 0.3 is 0 Å². The Kier molecular flexibility index (Phi) is 3.77. The van der Waals surface area contributed by atoms with Crippen LogP contribution < -0.4 is 10.6 Å². The van der Waals surface area contributed by atoms with E-state index in [2.05, 4.69) is 22.8 Å². The molecule has 1 amide bonds. The summed E-state index contributed by atoms with van der Waals surface area (Å²) in [5.74, 6) is 0.927. The second-order valence-electron chi connectivity index (χ2n) is 4.95. The molecule has 19 heavy (non-hydrogen) atoms. The summed E-state index contributed by atoms with van der Waals surface area (Å²) in [5, 5.41) is 6.37. The quantitative estimate of drug-likeness (QED) is 0.865. The van der Waals surface area contributed by atoms with Crippen molar-refractivity contribution in [2.75, 3.05) is 26.0 Å². The molecule has 0 bridgehead atoms. The first-order valence-corrected chi connectivity index (χ1v) is 7.54. The number of hydrogen-bond acceptors (Lipinski definition) is 4. The number of ether oxygens (including phenoxy) is 1. The topological polar surface area (TPSA) is 50.4 Å². The van der Waals surface area contributed by atoms with Gasteiger partial charge in [0.15, 0.2) is 0 Å². The van der Waals surface area contributed by atoms with E-state index in [-0.39, 0.29) is 24.0 Å². The van der Waals surface area contributed by atoms with Gasteiger partial charge in [0.25, 0.3) is 0 Å².